The van der Waals surface area contributed by atoms with Crippen LogP contribution in [0.5, 0.6) is 11.5 Å². The Morgan fingerprint density at radius 3 is 2.31 bits per heavy atom. The number of esters is 1. The van der Waals surface area contributed by atoms with Crippen molar-refractivity contribution in [1.82, 2.24) is 0 Å². The van der Waals surface area contributed by atoms with Gasteiger partial charge in [0.25, 0.3) is 0 Å². The van der Waals surface area contributed by atoms with Crippen molar-refractivity contribution < 1.29 is 23.4 Å². The molecule has 0 aliphatic carbocycles. The molecule has 0 saturated carbocycles. The van der Waals surface area contributed by atoms with Crippen molar-refractivity contribution in [1.29, 1.82) is 0 Å². The molecule has 3 aromatic rings. The zero-order valence-corrected chi connectivity index (χ0v) is 16.8. The van der Waals surface area contributed by atoms with E-state index >= 15 is 0 Å². The lowest BCUT2D eigenvalue weighted by molar-refractivity contribution is -0.145. The molecule has 2 aromatic carbocycles. The average Bonchev–Trinajstić information content (AvgIpc) is 2.69. The normalized spacial score (nSPS) is 10.7. The van der Waals surface area contributed by atoms with Crippen LogP contribution >= 0.6 is 0 Å². The number of fused-ring (bicyclic) bond motifs is 1. The molecule has 6 nitrogen and oxygen atoms in total. The summed E-state index contributed by atoms with van der Waals surface area (Å²) in [4.78, 5) is 23.9. The monoisotopic (exact) mass is 396 g/mol. The molecule has 0 amide bonds. The molecule has 0 saturated heterocycles. The van der Waals surface area contributed by atoms with Crippen molar-refractivity contribution in [2.24, 2.45) is 0 Å². The molecule has 0 radical (unpaired) electrons. The van der Waals surface area contributed by atoms with E-state index in [4.69, 9.17) is 18.6 Å². The highest BCUT2D eigenvalue weighted by Crippen LogP contribution is 2.22. The van der Waals surface area contributed by atoms with E-state index < -0.39 is 11.6 Å². The summed E-state index contributed by atoms with van der Waals surface area (Å²) in [6.45, 7) is 6.65. The molecule has 29 heavy (non-hydrogen) atoms. The fourth-order valence-corrected chi connectivity index (χ4v) is 2.88. The number of aryl methyl sites for hydroxylation is 2. The fraction of sp³-hybridized carbons (Fsp3) is 0.304. The molecular formula is C23H24O6. The molecule has 0 fully saturated rings. The lowest BCUT2D eigenvalue weighted by Gasteiger charge is -2.10. The number of carbonyl (C=O) groups is 1. The molecule has 1 aromatic heterocycles. The van der Waals surface area contributed by atoms with Crippen LogP contribution in [0.1, 0.15) is 30.0 Å². The fourth-order valence-electron chi connectivity index (χ4n) is 2.88. The van der Waals surface area contributed by atoms with E-state index in [0.29, 0.717) is 23.5 Å². The zero-order chi connectivity index (χ0) is 20.8. The van der Waals surface area contributed by atoms with Crippen LogP contribution in [-0.4, -0.2) is 19.2 Å². The van der Waals surface area contributed by atoms with Gasteiger partial charge in [0.15, 0.2) is 0 Å². The molecule has 1 heterocycles. The number of hydrogen-bond donors (Lipinski definition) is 0. The minimum atomic E-state index is -0.467. The highest BCUT2D eigenvalue weighted by atomic mass is 16.5. The minimum Gasteiger partial charge on any atom is -0.494 e. The molecular weight excluding hydrogens is 372 g/mol. The van der Waals surface area contributed by atoms with Gasteiger partial charge >= 0.3 is 11.6 Å². The van der Waals surface area contributed by atoms with Gasteiger partial charge in [-0.25, -0.2) is 4.79 Å². The summed E-state index contributed by atoms with van der Waals surface area (Å²) < 4.78 is 21.5. The summed E-state index contributed by atoms with van der Waals surface area (Å²) in [7, 11) is 0. The molecule has 152 valence electrons. The third-order valence-corrected chi connectivity index (χ3v) is 4.54. The van der Waals surface area contributed by atoms with Crippen molar-refractivity contribution in [3.63, 3.8) is 0 Å². The van der Waals surface area contributed by atoms with E-state index in [9.17, 15) is 9.59 Å². The molecule has 0 unspecified atom stereocenters. The van der Waals surface area contributed by atoms with Crippen LogP contribution < -0.4 is 15.1 Å². The van der Waals surface area contributed by atoms with E-state index in [0.717, 1.165) is 22.3 Å². The van der Waals surface area contributed by atoms with E-state index in [1.165, 1.54) is 6.07 Å². The van der Waals surface area contributed by atoms with Crippen molar-refractivity contribution in [2.75, 3.05) is 13.2 Å². The smallest absolute Gasteiger partial charge is 0.336 e. The van der Waals surface area contributed by atoms with Gasteiger partial charge in [-0.1, -0.05) is 0 Å². The highest BCUT2D eigenvalue weighted by molar-refractivity contribution is 5.82. The molecule has 3 rings (SSSR count). The van der Waals surface area contributed by atoms with Gasteiger partial charge in [-0.15, -0.1) is 0 Å². The van der Waals surface area contributed by atoms with Gasteiger partial charge in [0, 0.05) is 17.0 Å². The van der Waals surface area contributed by atoms with Crippen LogP contribution in [0.2, 0.25) is 0 Å². The van der Waals surface area contributed by atoms with E-state index in [-0.39, 0.29) is 19.6 Å². The second kappa shape index (κ2) is 9.28. The topological polar surface area (TPSA) is 75.0 Å². The van der Waals surface area contributed by atoms with Crippen molar-refractivity contribution >= 4 is 16.9 Å². The van der Waals surface area contributed by atoms with Gasteiger partial charge in [-0.2, -0.15) is 0 Å². The summed E-state index contributed by atoms with van der Waals surface area (Å²) in [5.74, 6) is 1.02. The van der Waals surface area contributed by atoms with Crippen LogP contribution in [0.4, 0.5) is 0 Å². The first-order valence-electron chi connectivity index (χ1n) is 9.51. The Morgan fingerprint density at radius 2 is 1.62 bits per heavy atom. The van der Waals surface area contributed by atoms with Crippen LogP contribution in [-0.2, 0) is 16.1 Å². The van der Waals surface area contributed by atoms with Crippen molar-refractivity contribution in [3.8, 4) is 11.5 Å². The predicted molar refractivity (Wildman–Crippen MR) is 109 cm³/mol. The summed E-state index contributed by atoms with van der Waals surface area (Å²) >= 11 is 0. The third-order valence-electron chi connectivity index (χ3n) is 4.54. The van der Waals surface area contributed by atoms with Gasteiger partial charge in [-0.05, 0) is 68.3 Å². The van der Waals surface area contributed by atoms with Crippen molar-refractivity contribution in [3.05, 3.63) is 69.6 Å². The standard InChI is InChI=1S/C23H24O6/c1-4-26-18-5-7-19(8-6-18)27-10-9-22(24)28-14-17-13-23(25)29-21-12-16(3)15(2)11-20(17)21/h5-8,11-13H,4,9-10,14H2,1-3H3. The maximum atomic E-state index is 12.1. The summed E-state index contributed by atoms with van der Waals surface area (Å²) in [6, 6.07) is 12.3. The SMILES string of the molecule is CCOc1ccc(OCCC(=O)OCc2cc(=O)oc3cc(C)c(C)cc23)cc1. The molecule has 0 N–H and O–H groups in total. The Kier molecular flexibility index (Phi) is 6.54. The number of benzene rings is 2. The molecule has 0 spiro atoms. The highest BCUT2D eigenvalue weighted by Gasteiger charge is 2.11. The van der Waals surface area contributed by atoms with Crippen LogP contribution in [0, 0.1) is 13.8 Å². The van der Waals surface area contributed by atoms with Crippen LogP contribution in [0.15, 0.2) is 51.7 Å². The van der Waals surface area contributed by atoms with E-state index in [1.54, 1.807) is 12.1 Å². The van der Waals surface area contributed by atoms with Crippen molar-refractivity contribution in [2.45, 2.75) is 33.8 Å². The summed E-state index contributed by atoms with van der Waals surface area (Å²) in [5, 5.41) is 0.770. The Balaban J connectivity index is 1.55. The lowest BCUT2D eigenvalue weighted by Crippen LogP contribution is -2.11. The number of carbonyl (C=O) groups excluding carboxylic acids is 1. The van der Waals surface area contributed by atoms with Gasteiger partial charge in [0.2, 0.25) is 0 Å². The molecule has 0 bridgehead atoms. The van der Waals surface area contributed by atoms with E-state index in [1.807, 2.05) is 45.0 Å². The molecule has 0 aliphatic heterocycles. The Morgan fingerprint density at radius 1 is 0.966 bits per heavy atom. The number of rotatable bonds is 8. The Hall–Kier alpha value is -3.28. The second-order valence-electron chi connectivity index (χ2n) is 6.69. The van der Waals surface area contributed by atoms with E-state index in [2.05, 4.69) is 0 Å². The maximum Gasteiger partial charge on any atom is 0.336 e. The zero-order valence-electron chi connectivity index (χ0n) is 16.8. The molecule has 0 atom stereocenters. The lowest BCUT2D eigenvalue weighted by atomic mass is 10.0. The summed E-state index contributed by atoms with van der Waals surface area (Å²) in [5.41, 5.74) is 2.75. The molecule has 0 aliphatic rings. The predicted octanol–water partition coefficient (Wildman–Crippen LogP) is 4.32. The first-order chi connectivity index (χ1) is 14.0. The Labute approximate surface area is 169 Å². The second-order valence-corrected chi connectivity index (χ2v) is 6.69. The average molecular weight is 396 g/mol. The Bertz CT molecular complexity index is 1050. The largest absolute Gasteiger partial charge is 0.494 e. The van der Waals surface area contributed by atoms with Gasteiger partial charge in [0.05, 0.1) is 19.6 Å². The maximum absolute atomic E-state index is 12.1. The van der Waals surface area contributed by atoms with Gasteiger partial charge in [-0.3, -0.25) is 4.79 Å². The van der Waals surface area contributed by atoms with Gasteiger partial charge < -0.3 is 18.6 Å². The minimum absolute atomic E-state index is 0.00644. The quantitative estimate of drug-likeness (QED) is 0.417. The van der Waals surface area contributed by atoms with Gasteiger partial charge in [0.1, 0.15) is 23.7 Å². The van der Waals surface area contributed by atoms with Crippen LogP contribution in [0.3, 0.4) is 0 Å². The summed E-state index contributed by atoms with van der Waals surface area (Å²) in [6.07, 6.45) is 0.102. The first-order valence-corrected chi connectivity index (χ1v) is 9.51. The molecule has 6 heteroatoms. The van der Waals surface area contributed by atoms with Crippen LogP contribution in [0.25, 0.3) is 11.0 Å². The first kappa shape index (κ1) is 20.5. The number of ether oxygens (including phenoxy) is 3. The third kappa shape index (κ3) is 5.38. The number of hydrogen-bond acceptors (Lipinski definition) is 6.